The summed E-state index contributed by atoms with van der Waals surface area (Å²) in [6, 6.07) is 23.8. The van der Waals surface area contributed by atoms with Crippen molar-refractivity contribution < 1.29 is 14.0 Å². The molecule has 1 N–H and O–H groups in total. The highest BCUT2D eigenvalue weighted by atomic mass is 19.1. The van der Waals surface area contributed by atoms with E-state index in [0.29, 0.717) is 17.5 Å². The number of benzene rings is 3. The summed E-state index contributed by atoms with van der Waals surface area (Å²) in [5, 5.41) is 2.84. The van der Waals surface area contributed by atoms with Gasteiger partial charge in [0.25, 0.3) is 5.91 Å². The Hall–Kier alpha value is -3.47. The molecule has 0 aliphatic carbocycles. The molecule has 0 saturated heterocycles. The van der Waals surface area contributed by atoms with Crippen molar-refractivity contribution in [1.29, 1.82) is 0 Å². The molecule has 0 aromatic heterocycles. The van der Waals surface area contributed by atoms with Gasteiger partial charge in [-0.2, -0.15) is 0 Å². The first-order valence-corrected chi connectivity index (χ1v) is 9.43. The van der Waals surface area contributed by atoms with E-state index in [9.17, 15) is 14.0 Å². The van der Waals surface area contributed by atoms with Crippen LogP contribution in [0.2, 0.25) is 0 Å². The Morgan fingerprint density at radius 1 is 0.897 bits per heavy atom. The summed E-state index contributed by atoms with van der Waals surface area (Å²) in [6.07, 6.45) is 0.347. The first-order chi connectivity index (χ1) is 14.0. The van der Waals surface area contributed by atoms with Gasteiger partial charge in [0.05, 0.1) is 0 Å². The minimum absolute atomic E-state index is 0.123. The fourth-order valence-corrected chi connectivity index (χ4v) is 3.11. The molecule has 0 saturated carbocycles. The summed E-state index contributed by atoms with van der Waals surface area (Å²) in [5.74, 6) is -0.958. The zero-order chi connectivity index (χ0) is 20.6. The SMILES string of the molecule is CN(Cc1ccccc1F)C(=O)C(Cc1ccccc1)NC(=O)c1ccccc1. The van der Waals surface area contributed by atoms with E-state index >= 15 is 0 Å². The Balaban J connectivity index is 1.78. The van der Waals surface area contributed by atoms with Crippen LogP contribution in [0.3, 0.4) is 0 Å². The van der Waals surface area contributed by atoms with Gasteiger partial charge in [-0.05, 0) is 23.8 Å². The monoisotopic (exact) mass is 390 g/mol. The van der Waals surface area contributed by atoms with E-state index in [1.54, 1.807) is 49.5 Å². The quantitative estimate of drug-likeness (QED) is 0.667. The van der Waals surface area contributed by atoms with Crippen molar-refractivity contribution in [3.8, 4) is 0 Å². The van der Waals surface area contributed by atoms with Gasteiger partial charge in [-0.15, -0.1) is 0 Å². The molecule has 4 nitrogen and oxygen atoms in total. The molecule has 3 aromatic carbocycles. The molecule has 0 fully saturated rings. The maximum Gasteiger partial charge on any atom is 0.251 e. The normalized spacial score (nSPS) is 11.5. The second kappa shape index (κ2) is 9.64. The molecule has 2 amide bonds. The second-order valence-corrected chi connectivity index (χ2v) is 6.87. The minimum atomic E-state index is -0.762. The number of likely N-dealkylation sites (N-methyl/N-ethyl adjacent to an activating group) is 1. The van der Waals surface area contributed by atoms with Crippen molar-refractivity contribution in [2.45, 2.75) is 19.0 Å². The number of amides is 2. The zero-order valence-corrected chi connectivity index (χ0v) is 16.2. The fourth-order valence-electron chi connectivity index (χ4n) is 3.11. The smallest absolute Gasteiger partial charge is 0.251 e. The van der Waals surface area contributed by atoms with Crippen LogP contribution >= 0.6 is 0 Å². The third-order valence-corrected chi connectivity index (χ3v) is 4.66. The van der Waals surface area contributed by atoms with Crippen LogP contribution in [0, 0.1) is 5.82 Å². The van der Waals surface area contributed by atoms with Gasteiger partial charge >= 0.3 is 0 Å². The first kappa shape index (κ1) is 20.3. The third kappa shape index (κ3) is 5.51. The van der Waals surface area contributed by atoms with Crippen LogP contribution < -0.4 is 5.32 Å². The van der Waals surface area contributed by atoms with Gasteiger partial charge in [0.1, 0.15) is 11.9 Å². The predicted molar refractivity (Wildman–Crippen MR) is 111 cm³/mol. The molecule has 1 atom stereocenters. The van der Waals surface area contributed by atoms with Gasteiger partial charge in [0, 0.05) is 31.1 Å². The molecular formula is C24H23FN2O2. The lowest BCUT2D eigenvalue weighted by atomic mass is 10.0. The summed E-state index contributed by atoms with van der Waals surface area (Å²) in [4.78, 5) is 27.2. The molecule has 5 heteroatoms. The Kier molecular flexibility index (Phi) is 6.74. The van der Waals surface area contributed by atoms with Crippen LogP contribution in [-0.4, -0.2) is 29.8 Å². The van der Waals surface area contributed by atoms with Gasteiger partial charge in [-0.25, -0.2) is 4.39 Å². The van der Waals surface area contributed by atoms with Crippen molar-refractivity contribution in [1.82, 2.24) is 10.2 Å². The van der Waals surface area contributed by atoms with Gasteiger partial charge in [0.2, 0.25) is 5.91 Å². The van der Waals surface area contributed by atoms with E-state index in [4.69, 9.17) is 0 Å². The number of halogens is 1. The number of hydrogen-bond acceptors (Lipinski definition) is 2. The summed E-state index contributed by atoms with van der Waals surface area (Å²) < 4.78 is 14.0. The molecule has 0 radical (unpaired) electrons. The first-order valence-electron chi connectivity index (χ1n) is 9.43. The lowest BCUT2D eigenvalue weighted by Crippen LogP contribution is -2.48. The molecule has 3 aromatic rings. The highest BCUT2D eigenvalue weighted by Crippen LogP contribution is 2.12. The van der Waals surface area contributed by atoms with E-state index in [0.717, 1.165) is 5.56 Å². The second-order valence-electron chi connectivity index (χ2n) is 6.87. The van der Waals surface area contributed by atoms with E-state index in [1.165, 1.54) is 11.0 Å². The van der Waals surface area contributed by atoms with Gasteiger partial charge < -0.3 is 10.2 Å². The number of hydrogen-bond donors (Lipinski definition) is 1. The maximum atomic E-state index is 14.0. The summed E-state index contributed by atoms with van der Waals surface area (Å²) in [7, 11) is 1.61. The average Bonchev–Trinajstić information content (AvgIpc) is 2.75. The van der Waals surface area contributed by atoms with Crippen molar-refractivity contribution in [3.05, 3.63) is 107 Å². The number of carbonyl (C=O) groups excluding carboxylic acids is 2. The van der Waals surface area contributed by atoms with Crippen LogP contribution in [0.25, 0.3) is 0 Å². The van der Waals surface area contributed by atoms with Crippen LogP contribution in [0.4, 0.5) is 4.39 Å². The molecule has 148 valence electrons. The fraction of sp³-hybridized carbons (Fsp3) is 0.167. The van der Waals surface area contributed by atoms with Gasteiger partial charge in [-0.3, -0.25) is 9.59 Å². The predicted octanol–water partition coefficient (Wildman–Crippen LogP) is 3.83. The van der Waals surface area contributed by atoms with Crippen LogP contribution in [0.5, 0.6) is 0 Å². The van der Waals surface area contributed by atoms with Gasteiger partial charge in [-0.1, -0.05) is 66.7 Å². The summed E-state index contributed by atoms with van der Waals surface area (Å²) in [5.41, 5.74) is 1.84. The Labute approximate surface area is 170 Å². The molecule has 0 bridgehead atoms. The Bertz CT molecular complexity index is 961. The molecule has 1 unspecified atom stereocenters. The lowest BCUT2D eigenvalue weighted by Gasteiger charge is -2.25. The van der Waals surface area contributed by atoms with Crippen LogP contribution in [0.15, 0.2) is 84.9 Å². The topological polar surface area (TPSA) is 49.4 Å². The number of nitrogens with one attached hydrogen (secondary N) is 1. The van der Waals surface area contributed by atoms with Gasteiger partial charge in [0.15, 0.2) is 0 Å². The van der Waals surface area contributed by atoms with Crippen molar-refractivity contribution >= 4 is 11.8 Å². The van der Waals surface area contributed by atoms with E-state index in [-0.39, 0.29) is 24.2 Å². The van der Waals surface area contributed by atoms with E-state index in [1.807, 2.05) is 36.4 Å². The van der Waals surface area contributed by atoms with Crippen molar-refractivity contribution in [2.75, 3.05) is 7.05 Å². The largest absolute Gasteiger partial charge is 0.340 e. The zero-order valence-electron chi connectivity index (χ0n) is 16.2. The lowest BCUT2D eigenvalue weighted by molar-refractivity contribution is -0.132. The molecule has 0 spiro atoms. The summed E-state index contributed by atoms with van der Waals surface area (Å²) in [6.45, 7) is 0.123. The summed E-state index contributed by atoms with van der Waals surface area (Å²) >= 11 is 0. The van der Waals surface area contributed by atoms with Crippen LogP contribution in [0.1, 0.15) is 21.5 Å². The number of nitrogens with zero attached hydrogens (tertiary/aromatic N) is 1. The highest BCUT2D eigenvalue weighted by molar-refractivity contribution is 5.97. The van der Waals surface area contributed by atoms with E-state index in [2.05, 4.69) is 5.32 Å². The maximum absolute atomic E-state index is 14.0. The molecule has 0 heterocycles. The van der Waals surface area contributed by atoms with Crippen molar-refractivity contribution in [2.24, 2.45) is 0 Å². The Morgan fingerprint density at radius 3 is 2.14 bits per heavy atom. The third-order valence-electron chi connectivity index (χ3n) is 4.66. The Morgan fingerprint density at radius 2 is 1.48 bits per heavy atom. The standard InChI is InChI=1S/C24H23FN2O2/c1-27(17-20-14-8-9-15-21(20)25)24(29)22(16-18-10-4-2-5-11-18)26-23(28)19-12-6-3-7-13-19/h2-15,22H,16-17H2,1H3,(H,26,28). The highest BCUT2D eigenvalue weighted by Gasteiger charge is 2.25. The van der Waals surface area contributed by atoms with E-state index < -0.39 is 6.04 Å². The number of rotatable bonds is 7. The molecule has 0 aliphatic rings. The molecule has 29 heavy (non-hydrogen) atoms. The van der Waals surface area contributed by atoms with Crippen LogP contribution in [-0.2, 0) is 17.8 Å². The number of carbonyl (C=O) groups is 2. The molecule has 3 rings (SSSR count). The molecular weight excluding hydrogens is 367 g/mol. The van der Waals surface area contributed by atoms with Crippen molar-refractivity contribution in [3.63, 3.8) is 0 Å². The average molecular weight is 390 g/mol. The minimum Gasteiger partial charge on any atom is -0.340 e. The molecule has 0 aliphatic heterocycles.